The number of benzene rings is 2. The van der Waals surface area contributed by atoms with Crippen molar-refractivity contribution in [2.45, 2.75) is 37.1 Å². The number of carbonyl (C=O) groups is 1. The number of sulfonamides is 1. The van der Waals surface area contributed by atoms with Crippen LogP contribution in [0.3, 0.4) is 0 Å². The van der Waals surface area contributed by atoms with Gasteiger partial charge in [0.15, 0.2) is 0 Å². The maximum atomic E-state index is 13.1. The second kappa shape index (κ2) is 9.95. The van der Waals surface area contributed by atoms with Crippen LogP contribution in [-0.2, 0) is 16.6 Å². The third-order valence-electron chi connectivity index (χ3n) is 5.23. The van der Waals surface area contributed by atoms with E-state index in [0.717, 1.165) is 37.0 Å². The lowest BCUT2D eigenvalue weighted by Gasteiger charge is -2.20. The average molecular weight is 433 g/mol. The Morgan fingerprint density at radius 2 is 1.63 bits per heavy atom. The zero-order valence-electron chi connectivity index (χ0n) is 17.4. The molecule has 1 N–H and O–H groups in total. The van der Waals surface area contributed by atoms with E-state index in [1.54, 1.807) is 7.11 Å². The van der Waals surface area contributed by atoms with Gasteiger partial charge in [-0.2, -0.15) is 4.31 Å². The van der Waals surface area contributed by atoms with Crippen molar-refractivity contribution in [3.8, 4) is 11.5 Å². The summed E-state index contributed by atoms with van der Waals surface area (Å²) in [7, 11) is -0.607. The van der Waals surface area contributed by atoms with Crippen molar-refractivity contribution in [3.63, 3.8) is 0 Å². The number of nitrogens with zero attached hydrogens (tertiary/aromatic N) is 1. The standard InChI is InChI=1S/C22H28N2O5S/c1-28-18-9-7-17(8-10-18)16-23-22(25)20-15-19(11-12-21(20)29-2)30(26,27)24-13-5-3-4-6-14-24/h7-12,15H,3-6,13-14,16H2,1-2H3,(H,23,25). The van der Waals surface area contributed by atoms with E-state index in [2.05, 4.69) is 5.32 Å². The predicted molar refractivity (Wildman–Crippen MR) is 114 cm³/mol. The van der Waals surface area contributed by atoms with Crippen LogP contribution in [0, 0.1) is 0 Å². The van der Waals surface area contributed by atoms with Gasteiger partial charge in [0.2, 0.25) is 10.0 Å². The molecule has 1 heterocycles. The number of hydrogen-bond acceptors (Lipinski definition) is 5. The van der Waals surface area contributed by atoms with Gasteiger partial charge in [-0.15, -0.1) is 0 Å². The number of nitrogens with one attached hydrogen (secondary N) is 1. The first-order chi connectivity index (χ1) is 14.5. The molecule has 0 spiro atoms. The first-order valence-corrected chi connectivity index (χ1v) is 11.5. The molecule has 0 saturated carbocycles. The van der Waals surface area contributed by atoms with Crippen LogP contribution in [0.5, 0.6) is 11.5 Å². The highest BCUT2D eigenvalue weighted by Crippen LogP contribution is 2.26. The van der Waals surface area contributed by atoms with Gasteiger partial charge in [0, 0.05) is 19.6 Å². The summed E-state index contributed by atoms with van der Waals surface area (Å²) in [5, 5.41) is 2.83. The van der Waals surface area contributed by atoms with Crippen molar-refractivity contribution in [1.29, 1.82) is 0 Å². The lowest BCUT2D eigenvalue weighted by atomic mass is 10.1. The highest BCUT2D eigenvalue weighted by atomic mass is 32.2. The van der Waals surface area contributed by atoms with Crippen molar-refractivity contribution in [2.75, 3.05) is 27.3 Å². The zero-order chi connectivity index (χ0) is 21.6. The lowest BCUT2D eigenvalue weighted by Crippen LogP contribution is -2.32. The molecule has 0 aliphatic carbocycles. The molecule has 3 rings (SSSR count). The van der Waals surface area contributed by atoms with Gasteiger partial charge in [0.1, 0.15) is 11.5 Å². The van der Waals surface area contributed by atoms with E-state index in [-0.39, 0.29) is 10.5 Å². The van der Waals surface area contributed by atoms with Crippen LogP contribution >= 0.6 is 0 Å². The van der Waals surface area contributed by atoms with E-state index in [4.69, 9.17) is 9.47 Å². The highest BCUT2D eigenvalue weighted by Gasteiger charge is 2.27. The Kier molecular flexibility index (Phi) is 7.33. The molecule has 0 unspecified atom stereocenters. The first-order valence-electron chi connectivity index (χ1n) is 10.0. The monoisotopic (exact) mass is 432 g/mol. The summed E-state index contributed by atoms with van der Waals surface area (Å²) in [6.45, 7) is 1.32. The molecule has 1 amide bonds. The molecule has 1 aliphatic rings. The number of rotatable bonds is 7. The molecule has 7 nitrogen and oxygen atoms in total. The Morgan fingerprint density at radius 3 is 2.23 bits per heavy atom. The van der Waals surface area contributed by atoms with Crippen LogP contribution in [0.15, 0.2) is 47.4 Å². The molecule has 30 heavy (non-hydrogen) atoms. The molecular formula is C22H28N2O5S. The number of ether oxygens (including phenoxy) is 2. The zero-order valence-corrected chi connectivity index (χ0v) is 18.2. The maximum absolute atomic E-state index is 13.1. The summed E-state index contributed by atoms with van der Waals surface area (Å²) in [4.78, 5) is 12.9. The smallest absolute Gasteiger partial charge is 0.255 e. The highest BCUT2D eigenvalue weighted by molar-refractivity contribution is 7.89. The molecule has 0 atom stereocenters. The van der Waals surface area contributed by atoms with Crippen molar-refractivity contribution in [2.24, 2.45) is 0 Å². The molecular weight excluding hydrogens is 404 g/mol. The van der Waals surface area contributed by atoms with Gasteiger partial charge in [-0.05, 0) is 48.7 Å². The van der Waals surface area contributed by atoms with Gasteiger partial charge in [-0.3, -0.25) is 4.79 Å². The molecule has 0 radical (unpaired) electrons. The fraction of sp³-hybridized carbons (Fsp3) is 0.409. The average Bonchev–Trinajstić information content (AvgIpc) is 3.07. The first kappa shape index (κ1) is 22.1. The van der Waals surface area contributed by atoms with Gasteiger partial charge >= 0.3 is 0 Å². The second-order valence-corrected chi connectivity index (χ2v) is 9.15. The third kappa shape index (κ3) is 5.12. The number of amides is 1. The Bertz CT molecular complexity index is 966. The number of hydrogen-bond donors (Lipinski definition) is 1. The van der Waals surface area contributed by atoms with Crippen LogP contribution in [0.2, 0.25) is 0 Å². The van der Waals surface area contributed by atoms with Crippen LogP contribution in [0.25, 0.3) is 0 Å². The van der Waals surface area contributed by atoms with Gasteiger partial charge in [-0.25, -0.2) is 8.42 Å². The molecule has 162 valence electrons. The third-order valence-corrected chi connectivity index (χ3v) is 7.13. The van der Waals surface area contributed by atoms with Crippen molar-refractivity contribution in [3.05, 3.63) is 53.6 Å². The van der Waals surface area contributed by atoms with Crippen LogP contribution in [0.4, 0.5) is 0 Å². The van der Waals surface area contributed by atoms with Gasteiger partial charge in [0.25, 0.3) is 5.91 Å². The molecule has 8 heteroatoms. The Labute approximate surface area is 178 Å². The number of methoxy groups -OCH3 is 2. The Hall–Kier alpha value is -2.58. The second-order valence-electron chi connectivity index (χ2n) is 7.21. The van der Waals surface area contributed by atoms with E-state index in [0.29, 0.717) is 25.4 Å². The van der Waals surface area contributed by atoms with E-state index in [1.807, 2.05) is 24.3 Å². The molecule has 0 aromatic heterocycles. The fourth-order valence-corrected chi connectivity index (χ4v) is 5.02. The normalized spacial score (nSPS) is 15.3. The Morgan fingerprint density at radius 1 is 0.967 bits per heavy atom. The SMILES string of the molecule is COc1ccc(CNC(=O)c2cc(S(=O)(=O)N3CCCCCC3)ccc2OC)cc1. The summed E-state index contributed by atoms with van der Waals surface area (Å²) in [5.74, 6) is 0.672. The topological polar surface area (TPSA) is 84.9 Å². The molecule has 1 aliphatic heterocycles. The van der Waals surface area contributed by atoms with Crippen LogP contribution in [0.1, 0.15) is 41.6 Å². The molecule has 2 aromatic rings. The van der Waals surface area contributed by atoms with E-state index >= 15 is 0 Å². The lowest BCUT2D eigenvalue weighted by molar-refractivity contribution is 0.0947. The van der Waals surface area contributed by atoms with Crippen LogP contribution in [-0.4, -0.2) is 45.9 Å². The summed E-state index contributed by atoms with van der Waals surface area (Å²) in [6.07, 6.45) is 3.77. The van der Waals surface area contributed by atoms with E-state index < -0.39 is 15.9 Å². The number of carbonyl (C=O) groups excluding carboxylic acids is 1. The minimum atomic E-state index is -3.66. The van der Waals surface area contributed by atoms with Gasteiger partial charge < -0.3 is 14.8 Å². The summed E-state index contributed by atoms with van der Waals surface area (Å²) >= 11 is 0. The van der Waals surface area contributed by atoms with Crippen molar-refractivity contribution < 1.29 is 22.7 Å². The molecule has 1 saturated heterocycles. The minimum absolute atomic E-state index is 0.111. The Balaban J connectivity index is 1.80. The van der Waals surface area contributed by atoms with Crippen molar-refractivity contribution in [1.82, 2.24) is 9.62 Å². The van der Waals surface area contributed by atoms with Crippen molar-refractivity contribution >= 4 is 15.9 Å². The fourth-order valence-electron chi connectivity index (χ4n) is 3.48. The maximum Gasteiger partial charge on any atom is 0.255 e. The summed E-state index contributed by atoms with van der Waals surface area (Å²) in [6, 6.07) is 11.8. The van der Waals surface area contributed by atoms with Gasteiger partial charge in [0.05, 0.1) is 24.7 Å². The molecule has 2 aromatic carbocycles. The largest absolute Gasteiger partial charge is 0.497 e. The predicted octanol–water partition coefficient (Wildman–Crippen LogP) is 3.20. The minimum Gasteiger partial charge on any atom is -0.497 e. The molecule has 1 fully saturated rings. The van der Waals surface area contributed by atoms with Gasteiger partial charge in [-0.1, -0.05) is 25.0 Å². The van der Waals surface area contributed by atoms with E-state index in [9.17, 15) is 13.2 Å². The summed E-state index contributed by atoms with van der Waals surface area (Å²) in [5.41, 5.74) is 1.10. The summed E-state index contributed by atoms with van der Waals surface area (Å²) < 4.78 is 38.1. The molecule has 0 bridgehead atoms. The van der Waals surface area contributed by atoms with Crippen LogP contribution < -0.4 is 14.8 Å². The quantitative estimate of drug-likeness (QED) is 0.726. The van der Waals surface area contributed by atoms with E-state index in [1.165, 1.54) is 29.6 Å².